The van der Waals surface area contributed by atoms with Gasteiger partial charge in [-0.2, -0.15) is 0 Å². The zero-order valence-corrected chi connectivity index (χ0v) is 15.2. The maximum atomic E-state index is 6.23. The van der Waals surface area contributed by atoms with Crippen LogP contribution in [0.4, 0.5) is 0 Å². The number of benzene rings is 1. The van der Waals surface area contributed by atoms with Crippen molar-refractivity contribution in [1.29, 1.82) is 0 Å². The lowest BCUT2D eigenvalue weighted by atomic mass is 9.78. The molecule has 3 aromatic rings. The predicted octanol–water partition coefficient (Wildman–Crippen LogP) is 3.38. The fraction of sp³-hybridized carbons (Fsp3) is 0.350. The van der Waals surface area contributed by atoms with Crippen LogP contribution >= 0.6 is 0 Å². The van der Waals surface area contributed by atoms with Crippen LogP contribution in [-0.2, 0) is 15.9 Å². The minimum absolute atomic E-state index is 0.347. The number of hydrogen-bond acceptors (Lipinski definition) is 3. The van der Waals surface area contributed by atoms with Crippen molar-refractivity contribution in [2.45, 2.75) is 45.4 Å². The van der Waals surface area contributed by atoms with E-state index in [1.165, 1.54) is 5.56 Å². The second-order valence-corrected chi connectivity index (χ2v) is 7.65. The van der Waals surface area contributed by atoms with Gasteiger partial charge in [0.2, 0.25) is 0 Å². The number of fused-ring (bicyclic) bond motifs is 1. The summed E-state index contributed by atoms with van der Waals surface area (Å²) in [4.78, 5) is 4.59. The molecule has 0 unspecified atom stereocenters. The molecule has 5 heteroatoms. The van der Waals surface area contributed by atoms with E-state index in [4.69, 9.17) is 9.31 Å². The third-order valence-electron chi connectivity index (χ3n) is 5.40. The van der Waals surface area contributed by atoms with Crippen LogP contribution in [0.15, 0.2) is 54.9 Å². The van der Waals surface area contributed by atoms with Crippen LogP contribution < -0.4 is 5.46 Å². The minimum Gasteiger partial charge on any atom is -0.399 e. The molecule has 1 aliphatic heterocycles. The largest absolute Gasteiger partial charge is 0.495 e. The molecule has 0 bridgehead atoms. The average molecular weight is 334 g/mol. The molecule has 0 radical (unpaired) electrons. The van der Waals surface area contributed by atoms with Crippen LogP contribution in [0.25, 0.3) is 11.0 Å². The third-order valence-corrected chi connectivity index (χ3v) is 5.40. The van der Waals surface area contributed by atoms with E-state index in [1.54, 1.807) is 0 Å². The van der Waals surface area contributed by atoms with Crippen molar-refractivity contribution in [2.75, 3.05) is 0 Å². The highest BCUT2D eigenvalue weighted by molar-refractivity contribution is 6.65. The number of hydrogen-bond donors (Lipinski definition) is 0. The summed E-state index contributed by atoms with van der Waals surface area (Å²) in [5, 5.41) is 1.08. The number of pyridine rings is 1. The average Bonchev–Trinajstić information content (AvgIpc) is 3.06. The van der Waals surface area contributed by atoms with Crippen molar-refractivity contribution in [3.05, 3.63) is 60.4 Å². The molecule has 3 heterocycles. The molecule has 0 aliphatic carbocycles. The van der Waals surface area contributed by atoms with E-state index < -0.39 is 0 Å². The molecule has 1 aromatic carbocycles. The van der Waals surface area contributed by atoms with E-state index >= 15 is 0 Å². The van der Waals surface area contributed by atoms with Crippen LogP contribution in [0.3, 0.4) is 0 Å². The number of nitrogens with zero attached hydrogens (tertiary/aromatic N) is 2. The van der Waals surface area contributed by atoms with Gasteiger partial charge < -0.3 is 13.9 Å². The molecule has 1 fully saturated rings. The van der Waals surface area contributed by atoms with E-state index in [-0.39, 0.29) is 18.3 Å². The van der Waals surface area contributed by atoms with E-state index in [9.17, 15) is 0 Å². The molecular formula is C20H23BN2O2. The van der Waals surface area contributed by atoms with Gasteiger partial charge in [0.05, 0.1) is 11.2 Å². The summed E-state index contributed by atoms with van der Waals surface area (Å²) >= 11 is 0. The molecule has 0 atom stereocenters. The van der Waals surface area contributed by atoms with E-state index in [0.717, 1.165) is 23.0 Å². The molecule has 0 amide bonds. The van der Waals surface area contributed by atoms with E-state index in [1.807, 2.05) is 18.3 Å². The van der Waals surface area contributed by atoms with Crippen molar-refractivity contribution >= 4 is 23.6 Å². The first kappa shape index (κ1) is 16.4. The normalized spacial score (nSPS) is 18.8. The predicted molar refractivity (Wildman–Crippen MR) is 101 cm³/mol. The molecule has 2 aromatic heterocycles. The maximum absolute atomic E-state index is 6.23. The van der Waals surface area contributed by atoms with Gasteiger partial charge in [-0.1, -0.05) is 30.3 Å². The Morgan fingerprint density at radius 1 is 0.960 bits per heavy atom. The quantitative estimate of drug-likeness (QED) is 0.689. The molecule has 0 saturated carbocycles. The second kappa shape index (κ2) is 5.72. The second-order valence-electron chi connectivity index (χ2n) is 7.65. The zero-order valence-electron chi connectivity index (χ0n) is 15.2. The number of rotatable bonds is 3. The van der Waals surface area contributed by atoms with Crippen molar-refractivity contribution in [3.63, 3.8) is 0 Å². The number of aromatic nitrogens is 2. The maximum Gasteiger partial charge on any atom is 0.495 e. The van der Waals surface area contributed by atoms with Crippen molar-refractivity contribution in [2.24, 2.45) is 0 Å². The molecular weight excluding hydrogens is 311 g/mol. The molecule has 128 valence electrons. The highest BCUT2D eigenvalue weighted by atomic mass is 16.7. The van der Waals surface area contributed by atoms with Crippen LogP contribution in [0.2, 0.25) is 0 Å². The molecule has 1 aliphatic rings. The smallest absolute Gasteiger partial charge is 0.399 e. The topological polar surface area (TPSA) is 36.3 Å². The van der Waals surface area contributed by atoms with Gasteiger partial charge in [0.1, 0.15) is 5.65 Å². The SMILES string of the molecule is CC1(C)OB(c2ccnc3c2ccn3Cc2ccccc2)OC1(C)C. The fourth-order valence-electron chi connectivity index (χ4n) is 3.19. The Hall–Kier alpha value is -2.11. The summed E-state index contributed by atoms with van der Waals surface area (Å²) in [6, 6.07) is 14.5. The van der Waals surface area contributed by atoms with Crippen molar-refractivity contribution in [1.82, 2.24) is 9.55 Å². The molecule has 0 N–H and O–H groups in total. The van der Waals surface area contributed by atoms with Gasteiger partial charge in [-0.25, -0.2) is 4.98 Å². The Bertz CT molecular complexity index is 886. The molecule has 4 rings (SSSR count). The molecule has 1 saturated heterocycles. The van der Waals surface area contributed by atoms with Gasteiger partial charge in [0, 0.05) is 24.3 Å². The first-order valence-electron chi connectivity index (χ1n) is 8.71. The summed E-state index contributed by atoms with van der Waals surface area (Å²) in [5.41, 5.74) is 2.55. The summed E-state index contributed by atoms with van der Waals surface area (Å²) in [5.74, 6) is 0. The molecule has 4 nitrogen and oxygen atoms in total. The lowest BCUT2D eigenvalue weighted by molar-refractivity contribution is 0.00578. The monoisotopic (exact) mass is 334 g/mol. The lowest BCUT2D eigenvalue weighted by Gasteiger charge is -2.32. The van der Waals surface area contributed by atoms with Crippen LogP contribution in [0.5, 0.6) is 0 Å². The van der Waals surface area contributed by atoms with Gasteiger partial charge in [-0.05, 0) is 50.9 Å². The zero-order chi connectivity index (χ0) is 17.7. The van der Waals surface area contributed by atoms with Crippen LogP contribution in [0.1, 0.15) is 33.3 Å². The summed E-state index contributed by atoms with van der Waals surface area (Å²) in [7, 11) is -0.372. The lowest BCUT2D eigenvalue weighted by Crippen LogP contribution is -2.41. The Labute approximate surface area is 148 Å². The van der Waals surface area contributed by atoms with Crippen LogP contribution in [0, 0.1) is 0 Å². The Balaban J connectivity index is 1.71. The van der Waals surface area contributed by atoms with Gasteiger partial charge in [-0.15, -0.1) is 0 Å². The minimum atomic E-state index is -0.372. The summed E-state index contributed by atoms with van der Waals surface area (Å²) < 4.78 is 14.6. The van der Waals surface area contributed by atoms with Crippen molar-refractivity contribution < 1.29 is 9.31 Å². The Kier molecular flexibility index (Phi) is 3.74. The van der Waals surface area contributed by atoms with Crippen molar-refractivity contribution in [3.8, 4) is 0 Å². The Morgan fingerprint density at radius 2 is 1.64 bits per heavy atom. The standard InChI is InChI=1S/C20H23BN2O2/c1-19(2)20(3,4)25-21(24-19)17-10-12-22-18-16(17)11-13-23(18)14-15-8-6-5-7-9-15/h5-13H,14H2,1-4H3. The fourth-order valence-corrected chi connectivity index (χ4v) is 3.19. The highest BCUT2D eigenvalue weighted by Crippen LogP contribution is 2.37. The first-order chi connectivity index (χ1) is 11.9. The summed E-state index contributed by atoms with van der Waals surface area (Å²) in [6.07, 6.45) is 3.92. The van der Waals surface area contributed by atoms with E-state index in [2.05, 4.69) is 73.8 Å². The van der Waals surface area contributed by atoms with Gasteiger partial charge >= 0.3 is 7.12 Å². The molecule has 25 heavy (non-hydrogen) atoms. The van der Waals surface area contributed by atoms with Gasteiger partial charge in [0.15, 0.2) is 0 Å². The Morgan fingerprint density at radius 3 is 2.32 bits per heavy atom. The van der Waals surface area contributed by atoms with E-state index in [0.29, 0.717) is 0 Å². The molecule has 0 spiro atoms. The first-order valence-corrected chi connectivity index (χ1v) is 8.71. The highest BCUT2D eigenvalue weighted by Gasteiger charge is 2.52. The van der Waals surface area contributed by atoms with Gasteiger partial charge in [-0.3, -0.25) is 0 Å². The third kappa shape index (κ3) is 2.77. The van der Waals surface area contributed by atoms with Crippen LogP contribution in [-0.4, -0.2) is 27.9 Å². The summed E-state index contributed by atoms with van der Waals surface area (Å²) in [6.45, 7) is 9.10. The van der Waals surface area contributed by atoms with Gasteiger partial charge in [0.25, 0.3) is 0 Å².